The zero-order valence-corrected chi connectivity index (χ0v) is 20.5. The van der Waals surface area contributed by atoms with E-state index in [1.807, 2.05) is 36.6 Å². The van der Waals surface area contributed by atoms with Crippen molar-refractivity contribution in [2.75, 3.05) is 18.6 Å². The van der Waals surface area contributed by atoms with E-state index >= 15 is 0 Å². The molecule has 0 aliphatic carbocycles. The maximum absolute atomic E-state index is 13.5. The monoisotopic (exact) mass is 507 g/mol. The number of aliphatic carboxylic acids is 1. The van der Waals surface area contributed by atoms with Gasteiger partial charge in [-0.15, -0.1) is 0 Å². The second-order valence-corrected chi connectivity index (χ2v) is 9.38. The van der Waals surface area contributed by atoms with Crippen LogP contribution in [-0.2, 0) is 30.4 Å². The number of primary amides is 1. The first-order valence-electron chi connectivity index (χ1n) is 11.3. The lowest BCUT2D eigenvalue weighted by molar-refractivity contribution is -0.145. The van der Waals surface area contributed by atoms with Crippen molar-refractivity contribution in [3.05, 3.63) is 35.9 Å². The normalized spacial score (nSPS) is 17.8. The third-order valence-electron chi connectivity index (χ3n) is 5.73. The Bertz CT molecular complexity index is 915. The van der Waals surface area contributed by atoms with Crippen molar-refractivity contribution in [1.82, 2.24) is 15.5 Å². The Balaban J connectivity index is 2.19. The number of carboxylic acid groups (broad SMARTS) is 1. The van der Waals surface area contributed by atoms with Gasteiger partial charge in [0.2, 0.25) is 23.6 Å². The van der Waals surface area contributed by atoms with E-state index in [2.05, 4.69) is 10.6 Å². The van der Waals surface area contributed by atoms with E-state index in [0.717, 1.165) is 5.56 Å². The molecule has 1 aromatic rings. The summed E-state index contributed by atoms with van der Waals surface area (Å²) in [4.78, 5) is 63.0. The van der Waals surface area contributed by atoms with Crippen LogP contribution in [0.15, 0.2) is 30.3 Å². The Labute approximate surface area is 208 Å². The van der Waals surface area contributed by atoms with Gasteiger partial charge in [-0.1, -0.05) is 30.3 Å². The number of nitrogens with one attached hydrogen (secondary N) is 2. The average Bonchev–Trinajstić information content (AvgIpc) is 3.31. The van der Waals surface area contributed by atoms with Gasteiger partial charge < -0.3 is 32.1 Å². The molecule has 2 rings (SSSR count). The van der Waals surface area contributed by atoms with Crippen LogP contribution in [0.5, 0.6) is 0 Å². The molecule has 0 spiro atoms. The van der Waals surface area contributed by atoms with E-state index in [4.69, 9.17) is 11.5 Å². The molecule has 192 valence electrons. The molecule has 12 heteroatoms. The number of hydrogen-bond donors (Lipinski definition) is 5. The van der Waals surface area contributed by atoms with E-state index in [0.29, 0.717) is 25.0 Å². The first-order valence-corrected chi connectivity index (χ1v) is 12.7. The highest BCUT2D eigenvalue weighted by atomic mass is 32.2. The van der Waals surface area contributed by atoms with Crippen LogP contribution in [-0.4, -0.2) is 82.3 Å². The fourth-order valence-corrected chi connectivity index (χ4v) is 4.37. The Morgan fingerprint density at radius 2 is 1.83 bits per heavy atom. The van der Waals surface area contributed by atoms with Gasteiger partial charge >= 0.3 is 5.97 Å². The molecule has 0 saturated carbocycles. The molecular weight excluding hydrogens is 474 g/mol. The van der Waals surface area contributed by atoms with E-state index in [1.54, 1.807) is 11.8 Å². The van der Waals surface area contributed by atoms with Crippen molar-refractivity contribution < 1.29 is 29.1 Å². The van der Waals surface area contributed by atoms with Crippen LogP contribution in [0.3, 0.4) is 0 Å². The predicted octanol–water partition coefficient (Wildman–Crippen LogP) is -0.770. The second kappa shape index (κ2) is 13.7. The number of nitrogens with zero attached hydrogens (tertiary/aromatic N) is 1. The number of carbonyl (C=O) groups is 5. The summed E-state index contributed by atoms with van der Waals surface area (Å²) in [5.74, 6) is -3.19. The Kier molecular flexibility index (Phi) is 11.0. The lowest BCUT2D eigenvalue weighted by atomic mass is 10.0. The number of likely N-dealkylation sites (tertiary alicyclic amines) is 1. The molecule has 1 aromatic carbocycles. The molecular formula is C23H33N5O6S. The molecule has 0 bridgehead atoms. The van der Waals surface area contributed by atoms with Gasteiger partial charge in [0, 0.05) is 13.0 Å². The van der Waals surface area contributed by atoms with Crippen molar-refractivity contribution in [1.29, 1.82) is 0 Å². The zero-order chi connectivity index (χ0) is 26.0. The highest BCUT2D eigenvalue weighted by Gasteiger charge is 2.39. The van der Waals surface area contributed by atoms with Crippen molar-refractivity contribution in [2.24, 2.45) is 11.5 Å². The van der Waals surface area contributed by atoms with Gasteiger partial charge in [-0.3, -0.25) is 19.2 Å². The molecule has 0 radical (unpaired) electrons. The maximum atomic E-state index is 13.5. The average molecular weight is 508 g/mol. The molecule has 4 unspecified atom stereocenters. The van der Waals surface area contributed by atoms with E-state index in [-0.39, 0.29) is 13.0 Å². The van der Waals surface area contributed by atoms with Crippen LogP contribution in [0.2, 0.25) is 0 Å². The van der Waals surface area contributed by atoms with Crippen molar-refractivity contribution in [3.63, 3.8) is 0 Å². The number of thioether (sulfide) groups is 1. The number of benzene rings is 1. The van der Waals surface area contributed by atoms with E-state index in [1.165, 1.54) is 4.90 Å². The van der Waals surface area contributed by atoms with Crippen LogP contribution < -0.4 is 22.1 Å². The largest absolute Gasteiger partial charge is 0.480 e. The Morgan fingerprint density at radius 1 is 1.14 bits per heavy atom. The summed E-state index contributed by atoms with van der Waals surface area (Å²) in [6, 6.07) is 4.97. The van der Waals surface area contributed by atoms with Crippen LogP contribution in [0, 0.1) is 0 Å². The maximum Gasteiger partial charge on any atom is 0.326 e. The number of nitrogens with two attached hydrogens (primary N) is 2. The Hall–Kier alpha value is -3.12. The van der Waals surface area contributed by atoms with Gasteiger partial charge in [-0.25, -0.2) is 4.79 Å². The second-order valence-electron chi connectivity index (χ2n) is 8.40. The van der Waals surface area contributed by atoms with Crippen LogP contribution >= 0.6 is 11.8 Å². The smallest absolute Gasteiger partial charge is 0.326 e. The van der Waals surface area contributed by atoms with Gasteiger partial charge in [-0.05, 0) is 36.8 Å². The topological polar surface area (TPSA) is 185 Å². The standard InChI is InChI=1S/C23H33N5O6S/c1-35-11-9-15(24)20(30)26-16(12-14-6-3-2-4-7-14)22(32)28-10-5-8-18(28)21(31)27-17(23(33)34)13-19(25)29/h2-4,6-7,15-18H,5,8-13,24H2,1H3,(H2,25,29)(H,26,30)(H,27,31)(H,33,34). The summed E-state index contributed by atoms with van der Waals surface area (Å²) in [5, 5.41) is 14.3. The lowest BCUT2D eigenvalue weighted by Gasteiger charge is -2.30. The summed E-state index contributed by atoms with van der Waals surface area (Å²) in [7, 11) is 0. The van der Waals surface area contributed by atoms with Gasteiger partial charge in [0.25, 0.3) is 0 Å². The molecule has 7 N–H and O–H groups in total. The SMILES string of the molecule is CSCCC(N)C(=O)NC(Cc1ccccc1)C(=O)N1CCCC1C(=O)NC(CC(N)=O)C(=O)O. The van der Waals surface area contributed by atoms with Gasteiger partial charge in [0.05, 0.1) is 12.5 Å². The summed E-state index contributed by atoms with van der Waals surface area (Å²) >= 11 is 1.56. The van der Waals surface area contributed by atoms with Crippen molar-refractivity contribution in [2.45, 2.75) is 56.3 Å². The summed E-state index contributed by atoms with van der Waals surface area (Å²) in [5.41, 5.74) is 11.9. The van der Waals surface area contributed by atoms with Gasteiger partial charge in [0.1, 0.15) is 18.1 Å². The third-order valence-corrected chi connectivity index (χ3v) is 6.37. The molecule has 4 atom stereocenters. The molecule has 1 aliphatic heterocycles. The minimum Gasteiger partial charge on any atom is -0.480 e. The fraction of sp³-hybridized carbons (Fsp3) is 0.522. The number of rotatable bonds is 13. The highest BCUT2D eigenvalue weighted by Crippen LogP contribution is 2.20. The minimum absolute atomic E-state index is 0.199. The third kappa shape index (κ3) is 8.55. The van der Waals surface area contributed by atoms with Crippen LogP contribution in [0.25, 0.3) is 0 Å². The number of hydrogen-bond acceptors (Lipinski definition) is 7. The van der Waals surface area contributed by atoms with Crippen molar-refractivity contribution in [3.8, 4) is 0 Å². The molecule has 1 saturated heterocycles. The first-order chi connectivity index (χ1) is 16.6. The number of amides is 4. The van der Waals surface area contributed by atoms with E-state index in [9.17, 15) is 29.1 Å². The minimum atomic E-state index is -1.49. The predicted molar refractivity (Wildman–Crippen MR) is 131 cm³/mol. The van der Waals surface area contributed by atoms with Gasteiger partial charge in [0.15, 0.2) is 0 Å². The molecule has 4 amide bonds. The molecule has 0 aromatic heterocycles. The molecule has 11 nitrogen and oxygen atoms in total. The molecule has 1 heterocycles. The molecule has 1 aliphatic rings. The van der Waals surface area contributed by atoms with Crippen molar-refractivity contribution >= 4 is 41.4 Å². The summed E-state index contributed by atoms with van der Waals surface area (Å²) in [6.45, 7) is 0.268. The number of carbonyl (C=O) groups excluding carboxylic acids is 4. The Morgan fingerprint density at radius 3 is 2.43 bits per heavy atom. The molecule has 35 heavy (non-hydrogen) atoms. The summed E-state index contributed by atoms with van der Waals surface area (Å²) in [6.07, 6.45) is 2.83. The van der Waals surface area contributed by atoms with Crippen LogP contribution in [0.1, 0.15) is 31.2 Å². The lowest BCUT2D eigenvalue weighted by Crippen LogP contribution is -2.57. The van der Waals surface area contributed by atoms with Gasteiger partial charge in [-0.2, -0.15) is 11.8 Å². The molecule has 1 fully saturated rings. The quantitative estimate of drug-likeness (QED) is 0.230. The fourth-order valence-electron chi connectivity index (χ4n) is 3.88. The van der Waals surface area contributed by atoms with Crippen LogP contribution in [0.4, 0.5) is 0 Å². The number of carboxylic acids is 1. The highest BCUT2D eigenvalue weighted by molar-refractivity contribution is 7.98. The van der Waals surface area contributed by atoms with E-state index < -0.39 is 60.2 Å². The zero-order valence-electron chi connectivity index (χ0n) is 19.6. The first kappa shape index (κ1) is 28.1. The summed E-state index contributed by atoms with van der Waals surface area (Å²) < 4.78 is 0.